The maximum absolute atomic E-state index is 10.7. The van der Waals surface area contributed by atoms with Crippen LogP contribution in [0.15, 0.2) is 0 Å². The third kappa shape index (κ3) is 3.16. The standard InChI is InChI=1S/C11H20N2O4/c12-10(15)9(14)6-13-8-1-3-17-11(5-8)2-4-16-7-11/h8-9,13-14H,1-7H2,(H2,12,15). The van der Waals surface area contributed by atoms with Crippen molar-refractivity contribution in [1.82, 2.24) is 5.32 Å². The third-order valence-electron chi connectivity index (χ3n) is 3.49. The fraction of sp³-hybridized carbons (Fsp3) is 0.909. The van der Waals surface area contributed by atoms with E-state index in [0.29, 0.717) is 13.2 Å². The molecule has 2 aliphatic rings. The van der Waals surface area contributed by atoms with Gasteiger partial charge in [-0.1, -0.05) is 0 Å². The zero-order valence-electron chi connectivity index (χ0n) is 9.85. The molecule has 98 valence electrons. The van der Waals surface area contributed by atoms with E-state index < -0.39 is 12.0 Å². The smallest absolute Gasteiger partial charge is 0.247 e. The van der Waals surface area contributed by atoms with Crippen molar-refractivity contribution >= 4 is 5.91 Å². The number of hydrogen-bond donors (Lipinski definition) is 3. The Kier molecular flexibility index (Phi) is 3.98. The molecule has 2 heterocycles. The maximum Gasteiger partial charge on any atom is 0.247 e. The molecule has 0 bridgehead atoms. The SMILES string of the molecule is NC(=O)C(O)CNC1CCOC2(CCOC2)C1. The number of ether oxygens (including phenoxy) is 2. The molecule has 6 heteroatoms. The summed E-state index contributed by atoms with van der Waals surface area (Å²) in [7, 11) is 0. The molecule has 0 saturated carbocycles. The summed E-state index contributed by atoms with van der Waals surface area (Å²) in [5.74, 6) is -0.691. The number of amides is 1. The Hall–Kier alpha value is -0.690. The zero-order valence-corrected chi connectivity index (χ0v) is 9.85. The molecule has 0 radical (unpaired) electrons. The van der Waals surface area contributed by atoms with Gasteiger partial charge in [-0.15, -0.1) is 0 Å². The highest BCUT2D eigenvalue weighted by atomic mass is 16.6. The van der Waals surface area contributed by atoms with E-state index in [9.17, 15) is 9.90 Å². The number of nitrogens with two attached hydrogens (primary N) is 1. The van der Waals surface area contributed by atoms with Crippen LogP contribution < -0.4 is 11.1 Å². The van der Waals surface area contributed by atoms with E-state index >= 15 is 0 Å². The van der Waals surface area contributed by atoms with Crippen molar-refractivity contribution in [1.29, 1.82) is 0 Å². The van der Waals surface area contributed by atoms with E-state index in [4.69, 9.17) is 15.2 Å². The summed E-state index contributed by atoms with van der Waals surface area (Å²) in [5.41, 5.74) is 4.83. The van der Waals surface area contributed by atoms with Crippen LogP contribution in [0.4, 0.5) is 0 Å². The first-order valence-corrected chi connectivity index (χ1v) is 6.04. The van der Waals surface area contributed by atoms with Gasteiger partial charge in [0.25, 0.3) is 0 Å². The molecule has 17 heavy (non-hydrogen) atoms. The largest absolute Gasteiger partial charge is 0.382 e. The van der Waals surface area contributed by atoms with Crippen molar-refractivity contribution in [3.8, 4) is 0 Å². The minimum atomic E-state index is -1.12. The number of carbonyl (C=O) groups is 1. The summed E-state index contributed by atoms with van der Waals surface area (Å²) in [4.78, 5) is 10.7. The number of aliphatic hydroxyl groups is 1. The first-order valence-electron chi connectivity index (χ1n) is 6.04. The van der Waals surface area contributed by atoms with Crippen molar-refractivity contribution < 1.29 is 19.4 Å². The van der Waals surface area contributed by atoms with Crippen molar-refractivity contribution in [2.75, 3.05) is 26.4 Å². The number of hydrogen-bond acceptors (Lipinski definition) is 5. The topological polar surface area (TPSA) is 93.8 Å². The second-order valence-corrected chi connectivity index (χ2v) is 4.85. The highest BCUT2D eigenvalue weighted by Gasteiger charge is 2.40. The highest BCUT2D eigenvalue weighted by molar-refractivity contribution is 5.78. The fourth-order valence-electron chi connectivity index (χ4n) is 2.44. The molecular formula is C11H20N2O4. The molecule has 2 aliphatic heterocycles. The summed E-state index contributed by atoms with van der Waals surface area (Å²) in [5, 5.41) is 12.5. The molecule has 1 spiro atoms. The molecular weight excluding hydrogens is 224 g/mol. The first kappa shape index (κ1) is 12.8. The molecule has 3 atom stereocenters. The average Bonchev–Trinajstić information content (AvgIpc) is 2.74. The van der Waals surface area contributed by atoms with Gasteiger partial charge in [0.1, 0.15) is 6.10 Å². The fourth-order valence-corrected chi connectivity index (χ4v) is 2.44. The van der Waals surface area contributed by atoms with Crippen LogP contribution in [-0.4, -0.2) is 55.1 Å². The van der Waals surface area contributed by atoms with Crippen LogP contribution in [0.5, 0.6) is 0 Å². The van der Waals surface area contributed by atoms with E-state index in [1.54, 1.807) is 0 Å². The van der Waals surface area contributed by atoms with Crippen LogP contribution in [0.2, 0.25) is 0 Å². The van der Waals surface area contributed by atoms with Crippen molar-refractivity contribution in [2.24, 2.45) is 5.73 Å². The Balaban J connectivity index is 1.79. The molecule has 0 aromatic carbocycles. The lowest BCUT2D eigenvalue weighted by molar-refractivity contribution is -0.126. The predicted octanol–water partition coefficient (Wildman–Crippen LogP) is -1.24. The van der Waals surface area contributed by atoms with E-state index in [1.165, 1.54) is 0 Å². The van der Waals surface area contributed by atoms with Gasteiger partial charge < -0.3 is 25.6 Å². The lowest BCUT2D eigenvalue weighted by Crippen LogP contribution is -2.50. The maximum atomic E-state index is 10.7. The van der Waals surface area contributed by atoms with E-state index in [2.05, 4.69) is 5.32 Å². The number of primary amides is 1. The van der Waals surface area contributed by atoms with Crippen molar-refractivity contribution in [3.63, 3.8) is 0 Å². The van der Waals surface area contributed by atoms with Gasteiger partial charge in [0, 0.05) is 32.2 Å². The van der Waals surface area contributed by atoms with Gasteiger partial charge in [-0.3, -0.25) is 4.79 Å². The average molecular weight is 244 g/mol. The van der Waals surface area contributed by atoms with Crippen molar-refractivity contribution in [3.05, 3.63) is 0 Å². The third-order valence-corrected chi connectivity index (χ3v) is 3.49. The van der Waals surface area contributed by atoms with Crippen LogP contribution in [0.25, 0.3) is 0 Å². The van der Waals surface area contributed by atoms with Gasteiger partial charge in [0.2, 0.25) is 5.91 Å². The number of aliphatic hydroxyl groups excluding tert-OH is 1. The predicted molar refractivity (Wildman–Crippen MR) is 60.3 cm³/mol. The molecule has 2 saturated heterocycles. The minimum absolute atomic E-state index is 0.159. The van der Waals surface area contributed by atoms with Crippen LogP contribution in [0, 0.1) is 0 Å². The van der Waals surface area contributed by atoms with Crippen LogP contribution >= 0.6 is 0 Å². The lowest BCUT2D eigenvalue weighted by Gasteiger charge is -2.37. The minimum Gasteiger partial charge on any atom is -0.382 e. The second-order valence-electron chi connectivity index (χ2n) is 4.85. The molecule has 2 rings (SSSR count). The number of nitrogens with one attached hydrogen (secondary N) is 1. The second kappa shape index (κ2) is 5.30. The monoisotopic (exact) mass is 244 g/mol. The van der Waals surface area contributed by atoms with Gasteiger partial charge in [-0.25, -0.2) is 0 Å². The lowest BCUT2D eigenvalue weighted by atomic mass is 9.89. The molecule has 6 nitrogen and oxygen atoms in total. The van der Waals surface area contributed by atoms with Crippen LogP contribution in [0.3, 0.4) is 0 Å². The normalized spacial score (nSPS) is 35.0. The summed E-state index contributed by atoms with van der Waals surface area (Å²) >= 11 is 0. The van der Waals surface area contributed by atoms with Crippen LogP contribution in [0.1, 0.15) is 19.3 Å². The van der Waals surface area contributed by atoms with Gasteiger partial charge in [-0.2, -0.15) is 0 Å². The van der Waals surface area contributed by atoms with Gasteiger partial charge >= 0.3 is 0 Å². The number of carbonyl (C=O) groups excluding carboxylic acids is 1. The van der Waals surface area contributed by atoms with E-state index in [0.717, 1.165) is 25.9 Å². The molecule has 0 aromatic rings. The summed E-state index contributed by atoms with van der Waals surface area (Å²) < 4.78 is 11.2. The molecule has 4 N–H and O–H groups in total. The molecule has 0 aliphatic carbocycles. The van der Waals surface area contributed by atoms with Crippen LogP contribution in [-0.2, 0) is 14.3 Å². The molecule has 1 amide bonds. The first-order chi connectivity index (χ1) is 8.11. The number of rotatable bonds is 4. The Morgan fingerprint density at radius 1 is 1.59 bits per heavy atom. The summed E-state index contributed by atoms with van der Waals surface area (Å²) in [6.07, 6.45) is 1.54. The Labute approximate surface area is 100 Å². The van der Waals surface area contributed by atoms with E-state index in [-0.39, 0.29) is 18.2 Å². The molecule has 3 unspecified atom stereocenters. The summed E-state index contributed by atoms with van der Waals surface area (Å²) in [6, 6.07) is 0.249. The van der Waals surface area contributed by atoms with E-state index in [1.807, 2.05) is 0 Å². The van der Waals surface area contributed by atoms with Gasteiger partial charge in [0.15, 0.2) is 0 Å². The molecule has 0 aromatic heterocycles. The Morgan fingerprint density at radius 3 is 3.06 bits per heavy atom. The Bertz CT molecular complexity index is 279. The Morgan fingerprint density at radius 2 is 2.41 bits per heavy atom. The summed E-state index contributed by atoms with van der Waals surface area (Å²) in [6.45, 7) is 2.28. The van der Waals surface area contributed by atoms with Gasteiger partial charge in [-0.05, 0) is 12.8 Å². The zero-order chi connectivity index (χ0) is 12.3. The highest BCUT2D eigenvalue weighted by Crippen LogP contribution is 2.32. The van der Waals surface area contributed by atoms with Crippen molar-refractivity contribution in [2.45, 2.75) is 37.0 Å². The molecule has 2 fully saturated rings. The quantitative estimate of drug-likeness (QED) is 0.575. The van der Waals surface area contributed by atoms with Gasteiger partial charge in [0.05, 0.1) is 12.2 Å².